The molecule has 1 heterocycles. The van der Waals surface area contributed by atoms with Gasteiger partial charge in [0.2, 0.25) is 0 Å². The highest BCUT2D eigenvalue weighted by atomic mass is 19.1. The summed E-state index contributed by atoms with van der Waals surface area (Å²) >= 11 is 0. The van der Waals surface area contributed by atoms with Crippen LogP contribution in [0.2, 0.25) is 0 Å². The summed E-state index contributed by atoms with van der Waals surface area (Å²) in [6.07, 6.45) is 1.44. The van der Waals surface area contributed by atoms with Gasteiger partial charge in [-0.3, -0.25) is 4.79 Å². The number of aromatic nitrogens is 1. The average molecular weight is 291 g/mol. The van der Waals surface area contributed by atoms with Crippen molar-refractivity contribution in [1.29, 1.82) is 0 Å². The largest absolute Gasteiger partial charge is 0.370 e. The molecule has 0 saturated carbocycles. The predicted molar refractivity (Wildman–Crippen MR) is 75.9 cm³/mol. The summed E-state index contributed by atoms with van der Waals surface area (Å²) in [5.74, 6) is -1.02. The smallest absolute Gasteiger partial charge is 0.253 e. The third-order valence-electron chi connectivity index (χ3n) is 2.84. The van der Waals surface area contributed by atoms with Crippen molar-refractivity contribution in [2.75, 3.05) is 11.9 Å². The van der Waals surface area contributed by atoms with Crippen molar-refractivity contribution in [3.8, 4) is 0 Å². The van der Waals surface area contributed by atoms with Crippen LogP contribution in [-0.2, 0) is 6.54 Å². The molecule has 110 valence electrons. The van der Waals surface area contributed by atoms with Gasteiger partial charge in [0, 0.05) is 30.9 Å². The van der Waals surface area contributed by atoms with Crippen molar-refractivity contribution in [2.24, 2.45) is 0 Å². The van der Waals surface area contributed by atoms with Crippen molar-refractivity contribution in [1.82, 2.24) is 10.3 Å². The molecule has 0 fully saturated rings. The van der Waals surface area contributed by atoms with Crippen LogP contribution in [0, 0.1) is 11.6 Å². The van der Waals surface area contributed by atoms with Crippen LogP contribution in [0.1, 0.15) is 22.8 Å². The first kappa shape index (κ1) is 14.9. The van der Waals surface area contributed by atoms with E-state index in [0.717, 1.165) is 18.7 Å². The third-order valence-corrected chi connectivity index (χ3v) is 2.84. The average Bonchev–Trinajstić information content (AvgIpc) is 2.47. The molecule has 1 amide bonds. The number of halogens is 2. The Bertz CT molecular complexity index is 629. The van der Waals surface area contributed by atoms with Gasteiger partial charge >= 0.3 is 0 Å². The zero-order valence-electron chi connectivity index (χ0n) is 11.5. The van der Waals surface area contributed by atoms with Crippen LogP contribution >= 0.6 is 0 Å². The minimum atomic E-state index is -0.684. The number of hydrogen-bond acceptors (Lipinski definition) is 3. The van der Waals surface area contributed by atoms with Gasteiger partial charge in [0.15, 0.2) is 0 Å². The lowest BCUT2D eigenvalue weighted by molar-refractivity contribution is 0.0950. The summed E-state index contributed by atoms with van der Waals surface area (Å²) in [5.41, 5.74) is 0.598. The number of rotatable bonds is 5. The van der Waals surface area contributed by atoms with Gasteiger partial charge in [-0.1, -0.05) is 6.07 Å². The van der Waals surface area contributed by atoms with Crippen molar-refractivity contribution in [2.45, 2.75) is 13.5 Å². The molecule has 2 aromatic rings. The monoisotopic (exact) mass is 291 g/mol. The minimum absolute atomic E-state index is 0.0140. The number of carbonyl (C=O) groups is 1. The number of amides is 1. The highest BCUT2D eigenvalue weighted by Gasteiger charge is 2.08. The van der Waals surface area contributed by atoms with E-state index < -0.39 is 11.6 Å². The Morgan fingerprint density at radius 2 is 2.05 bits per heavy atom. The number of nitrogens with one attached hydrogen (secondary N) is 2. The molecular formula is C15H15F2N3O. The lowest BCUT2D eigenvalue weighted by atomic mass is 10.2. The maximum atomic E-state index is 13.4. The fraction of sp³-hybridized carbons (Fsp3) is 0.200. The maximum absolute atomic E-state index is 13.4. The molecule has 2 rings (SSSR count). The maximum Gasteiger partial charge on any atom is 0.253 e. The quantitative estimate of drug-likeness (QED) is 0.890. The minimum Gasteiger partial charge on any atom is -0.370 e. The highest BCUT2D eigenvalue weighted by molar-refractivity contribution is 5.93. The first-order chi connectivity index (χ1) is 10.1. The number of anilines is 1. The number of carbonyl (C=O) groups excluding carboxylic acids is 1. The fourth-order valence-electron chi connectivity index (χ4n) is 1.76. The van der Waals surface area contributed by atoms with Crippen LogP contribution in [0.25, 0.3) is 0 Å². The van der Waals surface area contributed by atoms with Gasteiger partial charge in [0.05, 0.1) is 5.56 Å². The molecule has 0 unspecified atom stereocenters. The van der Waals surface area contributed by atoms with Gasteiger partial charge in [-0.05, 0) is 25.1 Å². The van der Waals surface area contributed by atoms with Crippen LogP contribution in [0.5, 0.6) is 0 Å². The molecule has 6 heteroatoms. The van der Waals surface area contributed by atoms with Crippen LogP contribution in [0.3, 0.4) is 0 Å². The van der Waals surface area contributed by atoms with Gasteiger partial charge in [-0.25, -0.2) is 13.8 Å². The Morgan fingerprint density at radius 3 is 2.67 bits per heavy atom. The van der Waals surface area contributed by atoms with Crippen LogP contribution in [0.4, 0.5) is 14.6 Å². The summed E-state index contributed by atoms with van der Waals surface area (Å²) in [4.78, 5) is 16.0. The van der Waals surface area contributed by atoms with E-state index in [1.807, 2.05) is 6.92 Å². The van der Waals surface area contributed by atoms with Crippen molar-refractivity contribution < 1.29 is 13.6 Å². The second kappa shape index (κ2) is 6.78. The van der Waals surface area contributed by atoms with E-state index in [4.69, 9.17) is 0 Å². The van der Waals surface area contributed by atoms with Crippen molar-refractivity contribution in [3.63, 3.8) is 0 Å². The van der Waals surface area contributed by atoms with E-state index in [2.05, 4.69) is 15.6 Å². The topological polar surface area (TPSA) is 54.0 Å². The van der Waals surface area contributed by atoms with E-state index >= 15 is 0 Å². The van der Waals surface area contributed by atoms with Gasteiger partial charge in [0.25, 0.3) is 5.91 Å². The summed E-state index contributed by atoms with van der Waals surface area (Å²) in [5, 5.41) is 5.58. The highest BCUT2D eigenvalue weighted by Crippen LogP contribution is 2.10. The van der Waals surface area contributed by atoms with E-state index in [9.17, 15) is 13.6 Å². The Labute approximate surface area is 121 Å². The Morgan fingerprint density at radius 1 is 1.24 bits per heavy atom. The molecular weight excluding hydrogens is 276 g/mol. The second-order valence-corrected chi connectivity index (χ2v) is 4.38. The molecule has 2 N–H and O–H groups in total. The molecule has 4 nitrogen and oxygen atoms in total. The van der Waals surface area contributed by atoms with E-state index in [1.165, 1.54) is 12.3 Å². The van der Waals surface area contributed by atoms with Gasteiger partial charge in [-0.15, -0.1) is 0 Å². The summed E-state index contributed by atoms with van der Waals surface area (Å²) in [6, 6.07) is 6.56. The Balaban J connectivity index is 1.98. The standard InChI is InChI=1S/C15H15F2N3O/c1-2-18-14-6-4-11(9-19-14)15(21)20-8-10-3-5-12(16)7-13(10)17/h3-7,9H,2,8H2,1H3,(H,18,19)(H,20,21). The molecule has 0 spiro atoms. The molecule has 21 heavy (non-hydrogen) atoms. The van der Waals surface area contributed by atoms with Gasteiger partial charge in [0.1, 0.15) is 17.5 Å². The van der Waals surface area contributed by atoms with Crippen LogP contribution in [-0.4, -0.2) is 17.4 Å². The number of hydrogen-bond donors (Lipinski definition) is 2. The summed E-state index contributed by atoms with van der Waals surface area (Å²) in [6.45, 7) is 2.67. The van der Waals surface area contributed by atoms with Crippen LogP contribution < -0.4 is 10.6 Å². The van der Waals surface area contributed by atoms with E-state index in [-0.39, 0.29) is 18.0 Å². The molecule has 1 aromatic carbocycles. The third kappa shape index (κ3) is 3.98. The first-order valence-corrected chi connectivity index (χ1v) is 6.52. The van der Waals surface area contributed by atoms with E-state index in [0.29, 0.717) is 11.4 Å². The molecule has 1 aromatic heterocycles. The van der Waals surface area contributed by atoms with E-state index in [1.54, 1.807) is 12.1 Å². The molecule has 0 aliphatic carbocycles. The Kier molecular flexibility index (Phi) is 4.81. The second-order valence-electron chi connectivity index (χ2n) is 4.38. The molecule has 0 aliphatic rings. The van der Waals surface area contributed by atoms with Crippen molar-refractivity contribution >= 4 is 11.7 Å². The fourth-order valence-corrected chi connectivity index (χ4v) is 1.76. The first-order valence-electron chi connectivity index (χ1n) is 6.52. The number of nitrogens with zero attached hydrogens (tertiary/aromatic N) is 1. The zero-order valence-corrected chi connectivity index (χ0v) is 11.5. The Hall–Kier alpha value is -2.50. The van der Waals surface area contributed by atoms with Crippen LogP contribution in [0.15, 0.2) is 36.5 Å². The normalized spacial score (nSPS) is 10.2. The number of benzene rings is 1. The molecule has 0 aliphatic heterocycles. The molecule has 0 radical (unpaired) electrons. The molecule has 0 bridgehead atoms. The SMILES string of the molecule is CCNc1ccc(C(=O)NCc2ccc(F)cc2F)cn1. The summed E-state index contributed by atoms with van der Waals surface area (Å²) in [7, 11) is 0. The number of pyridine rings is 1. The molecule has 0 saturated heterocycles. The zero-order chi connectivity index (χ0) is 15.2. The lowest BCUT2D eigenvalue weighted by Crippen LogP contribution is -2.23. The lowest BCUT2D eigenvalue weighted by Gasteiger charge is -2.07. The predicted octanol–water partition coefficient (Wildman–Crippen LogP) is 2.72. The van der Waals surface area contributed by atoms with Crippen molar-refractivity contribution in [3.05, 3.63) is 59.3 Å². The van der Waals surface area contributed by atoms with Gasteiger partial charge in [-0.2, -0.15) is 0 Å². The molecule has 0 atom stereocenters. The summed E-state index contributed by atoms with van der Waals surface area (Å²) < 4.78 is 26.2. The van der Waals surface area contributed by atoms with Gasteiger partial charge < -0.3 is 10.6 Å².